The molecular formula is C23H37FN4O2. The average molecular weight is 421 g/mol. The molecule has 7 heteroatoms. The molecule has 3 rings (SSSR count). The fourth-order valence-corrected chi connectivity index (χ4v) is 4.56. The van der Waals surface area contributed by atoms with Crippen LogP contribution in [0.5, 0.6) is 5.75 Å². The monoisotopic (exact) mass is 420 g/mol. The van der Waals surface area contributed by atoms with Crippen LogP contribution in [0.4, 0.5) is 9.18 Å². The van der Waals surface area contributed by atoms with Gasteiger partial charge in [-0.05, 0) is 51.1 Å². The number of amides is 2. The Kier molecular flexibility index (Phi) is 8.75. The predicted molar refractivity (Wildman–Crippen MR) is 117 cm³/mol. The average Bonchev–Trinajstić information content (AvgIpc) is 2.77. The van der Waals surface area contributed by atoms with Crippen molar-refractivity contribution in [1.29, 1.82) is 0 Å². The van der Waals surface area contributed by atoms with Crippen LogP contribution in [0.1, 0.15) is 44.1 Å². The van der Waals surface area contributed by atoms with Gasteiger partial charge in [0.05, 0.1) is 7.11 Å². The van der Waals surface area contributed by atoms with Crippen molar-refractivity contribution in [3.8, 4) is 5.75 Å². The number of urea groups is 1. The largest absolute Gasteiger partial charge is 0.496 e. The Labute approximate surface area is 180 Å². The second-order valence-corrected chi connectivity index (χ2v) is 8.58. The smallest absolute Gasteiger partial charge is 0.317 e. The summed E-state index contributed by atoms with van der Waals surface area (Å²) in [6.45, 7) is 5.31. The van der Waals surface area contributed by atoms with Gasteiger partial charge in [-0.25, -0.2) is 9.18 Å². The Morgan fingerprint density at radius 2 is 1.93 bits per heavy atom. The molecule has 1 heterocycles. The quantitative estimate of drug-likeness (QED) is 0.656. The fourth-order valence-electron chi connectivity index (χ4n) is 4.56. The summed E-state index contributed by atoms with van der Waals surface area (Å²) in [4.78, 5) is 19.0. The van der Waals surface area contributed by atoms with Gasteiger partial charge in [-0.3, -0.25) is 4.90 Å². The highest BCUT2D eigenvalue weighted by Gasteiger charge is 2.22. The van der Waals surface area contributed by atoms with Crippen LogP contribution in [0.25, 0.3) is 0 Å². The number of benzene rings is 1. The van der Waals surface area contributed by atoms with Gasteiger partial charge in [0, 0.05) is 50.9 Å². The molecule has 1 saturated heterocycles. The van der Waals surface area contributed by atoms with Gasteiger partial charge in [0.2, 0.25) is 0 Å². The summed E-state index contributed by atoms with van der Waals surface area (Å²) in [5.74, 6) is 0.452. The highest BCUT2D eigenvalue weighted by Crippen LogP contribution is 2.22. The highest BCUT2D eigenvalue weighted by molar-refractivity contribution is 5.74. The third kappa shape index (κ3) is 6.57. The number of piperazine rings is 1. The zero-order valence-corrected chi connectivity index (χ0v) is 18.5. The number of nitrogens with one attached hydrogen (secondary N) is 1. The number of ether oxygens (including phenoxy) is 1. The minimum atomic E-state index is -0.252. The molecule has 1 aromatic rings. The first-order valence-electron chi connectivity index (χ1n) is 11.3. The molecule has 168 valence electrons. The lowest BCUT2D eigenvalue weighted by molar-refractivity contribution is 0.134. The van der Waals surface area contributed by atoms with Crippen LogP contribution in [-0.4, -0.2) is 80.2 Å². The molecular weight excluding hydrogens is 383 g/mol. The van der Waals surface area contributed by atoms with Gasteiger partial charge in [0.1, 0.15) is 11.6 Å². The topological polar surface area (TPSA) is 48.1 Å². The normalized spacial score (nSPS) is 18.6. The Balaban J connectivity index is 1.33. The van der Waals surface area contributed by atoms with E-state index in [0.717, 1.165) is 44.2 Å². The summed E-state index contributed by atoms with van der Waals surface area (Å²) in [5, 5.41) is 3.07. The first kappa shape index (κ1) is 22.8. The summed E-state index contributed by atoms with van der Waals surface area (Å²) < 4.78 is 18.9. The van der Waals surface area contributed by atoms with E-state index in [0.29, 0.717) is 25.4 Å². The van der Waals surface area contributed by atoms with Gasteiger partial charge in [-0.1, -0.05) is 19.3 Å². The maximum absolute atomic E-state index is 13.6. The van der Waals surface area contributed by atoms with Crippen LogP contribution < -0.4 is 10.1 Å². The van der Waals surface area contributed by atoms with E-state index in [-0.39, 0.29) is 11.8 Å². The summed E-state index contributed by atoms with van der Waals surface area (Å²) in [6.07, 6.45) is 7.69. The summed E-state index contributed by atoms with van der Waals surface area (Å²) in [7, 11) is 3.82. The van der Waals surface area contributed by atoms with Crippen molar-refractivity contribution in [2.75, 3.05) is 53.4 Å². The van der Waals surface area contributed by atoms with Crippen LogP contribution in [0.3, 0.4) is 0 Å². The van der Waals surface area contributed by atoms with Gasteiger partial charge >= 0.3 is 6.03 Å². The zero-order chi connectivity index (χ0) is 21.3. The van der Waals surface area contributed by atoms with Gasteiger partial charge in [0.15, 0.2) is 0 Å². The third-order valence-corrected chi connectivity index (χ3v) is 6.46. The van der Waals surface area contributed by atoms with Gasteiger partial charge < -0.3 is 19.9 Å². The lowest BCUT2D eigenvalue weighted by Crippen LogP contribution is -2.51. The first-order valence-corrected chi connectivity index (χ1v) is 11.3. The SMILES string of the molecule is COc1ccc(F)cc1CN1CCN(C(=O)NCCCN(C)C2CCCCC2)CC1. The molecule has 2 fully saturated rings. The molecule has 1 aliphatic heterocycles. The highest BCUT2D eigenvalue weighted by atomic mass is 19.1. The number of carbonyl (C=O) groups is 1. The summed E-state index contributed by atoms with van der Waals surface area (Å²) in [5.41, 5.74) is 0.845. The van der Waals surface area contributed by atoms with Gasteiger partial charge in [0.25, 0.3) is 0 Å². The van der Waals surface area contributed by atoms with E-state index in [1.54, 1.807) is 13.2 Å². The molecule has 30 heavy (non-hydrogen) atoms. The van der Waals surface area contributed by atoms with E-state index >= 15 is 0 Å². The molecule has 2 amide bonds. The van der Waals surface area contributed by atoms with E-state index < -0.39 is 0 Å². The summed E-state index contributed by atoms with van der Waals surface area (Å²) >= 11 is 0. The second kappa shape index (κ2) is 11.5. The van der Waals surface area contributed by atoms with Crippen molar-refractivity contribution < 1.29 is 13.9 Å². The molecule has 0 radical (unpaired) electrons. The van der Waals surface area contributed by atoms with E-state index in [9.17, 15) is 9.18 Å². The molecule has 0 unspecified atom stereocenters. The molecule has 1 aliphatic carbocycles. The van der Waals surface area contributed by atoms with Crippen LogP contribution in [-0.2, 0) is 6.54 Å². The van der Waals surface area contributed by atoms with Crippen molar-refractivity contribution in [2.45, 2.75) is 51.1 Å². The van der Waals surface area contributed by atoms with E-state index in [2.05, 4.69) is 22.2 Å². The van der Waals surface area contributed by atoms with E-state index in [1.807, 2.05) is 4.90 Å². The third-order valence-electron chi connectivity index (χ3n) is 6.46. The molecule has 0 spiro atoms. The maximum atomic E-state index is 13.6. The molecule has 2 aliphatic rings. The Morgan fingerprint density at radius 3 is 2.63 bits per heavy atom. The molecule has 1 aromatic carbocycles. The standard InChI is InChI=1S/C23H37FN4O2/c1-26(21-7-4-3-5-8-21)12-6-11-25-23(29)28-15-13-27(14-16-28)18-19-17-20(24)9-10-22(19)30-2/h9-10,17,21H,3-8,11-16,18H2,1-2H3,(H,25,29). The fraction of sp³-hybridized carbons (Fsp3) is 0.696. The molecule has 1 N–H and O–H groups in total. The zero-order valence-electron chi connectivity index (χ0n) is 18.5. The molecule has 0 aromatic heterocycles. The second-order valence-electron chi connectivity index (χ2n) is 8.58. The first-order chi connectivity index (χ1) is 14.6. The molecule has 0 bridgehead atoms. The number of rotatable bonds is 8. The van der Waals surface area contributed by atoms with Crippen LogP contribution >= 0.6 is 0 Å². The number of nitrogens with zero attached hydrogens (tertiary/aromatic N) is 3. The van der Waals surface area contributed by atoms with Crippen molar-refractivity contribution in [3.05, 3.63) is 29.6 Å². The lowest BCUT2D eigenvalue weighted by atomic mass is 9.94. The molecule has 0 atom stereocenters. The van der Waals surface area contributed by atoms with E-state index in [4.69, 9.17) is 4.74 Å². The maximum Gasteiger partial charge on any atom is 0.317 e. The number of carbonyl (C=O) groups excluding carboxylic acids is 1. The Morgan fingerprint density at radius 1 is 1.20 bits per heavy atom. The number of methoxy groups -OCH3 is 1. The van der Waals surface area contributed by atoms with Gasteiger partial charge in [-0.2, -0.15) is 0 Å². The lowest BCUT2D eigenvalue weighted by Gasteiger charge is -2.35. The minimum Gasteiger partial charge on any atom is -0.496 e. The molecule has 1 saturated carbocycles. The summed E-state index contributed by atoms with van der Waals surface area (Å²) in [6, 6.07) is 5.36. The Hall–Kier alpha value is -1.86. The number of halogens is 1. The molecule has 6 nitrogen and oxygen atoms in total. The minimum absolute atomic E-state index is 0.0262. The van der Waals surface area contributed by atoms with Crippen LogP contribution in [0, 0.1) is 5.82 Å². The van der Waals surface area contributed by atoms with Crippen molar-refractivity contribution >= 4 is 6.03 Å². The van der Waals surface area contributed by atoms with Crippen molar-refractivity contribution in [2.24, 2.45) is 0 Å². The number of hydrogen-bond donors (Lipinski definition) is 1. The Bertz CT molecular complexity index is 673. The van der Waals surface area contributed by atoms with Gasteiger partial charge in [-0.15, -0.1) is 0 Å². The predicted octanol–water partition coefficient (Wildman–Crippen LogP) is 3.32. The number of hydrogen-bond acceptors (Lipinski definition) is 4. The van der Waals surface area contributed by atoms with E-state index in [1.165, 1.54) is 44.2 Å². The van der Waals surface area contributed by atoms with Crippen molar-refractivity contribution in [1.82, 2.24) is 20.0 Å². The van der Waals surface area contributed by atoms with Crippen molar-refractivity contribution in [3.63, 3.8) is 0 Å². The van der Waals surface area contributed by atoms with Crippen LogP contribution in [0.15, 0.2) is 18.2 Å². The van der Waals surface area contributed by atoms with Crippen LogP contribution in [0.2, 0.25) is 0 Å².